The van der Waals surface area contributed by atoms with E-state index in [0.29, 0.717) is 11.4 Å². The first-order valence-corrected chi connectivity index (χ1v) is 16.2. The summed E-state index contributed by atoms with van der Waals surface area (Å²) in [6, 6.07) is 10.1. The van der Waals surface area contributed by atoms with Gasteiger partial charge < -0.3 is 20.7 Å². The SMILES string of the molecule is [B]C([B])([B])C([B])(Oc1cc(C2CCNCC2)c(C)cc1Nc1ncc(Cl)c(Nc2ccccc2S(=O)(=O)C(C)C)n1)C([B])([B])[B]. The first-order valence-electron chi connectivity index (χ1n) is 14.3. The lowest BCUT2D eigenvalue weighted by atomic mass is 9.19. The van der Waals surface area contributed by atoms with Gasteiger partial charge in [0, 0.05) is 5.50 Å². The first-order chi connectivity index (χ1) is 20.8. The van der Waals surface area contributed by atoms with Crippen molar-refractivity contribution in [3.8, 4) is 5.75 Å². The highest BCUT2D eigenvalue weighted by Crippen LogP contribution is 2.47. The van der Waals surface area contributed by atoms with Crippen LogP contribution in [0.25, 0.3) is 0 Å². The van der Waals surface area contributed by atoms with Crippen molar-refractivity contribution in [1.29, 1.82) is 0 Å². The molecule has 2 heterocycles. The number of rotatable bonds is 11. The average molecular weight is 627 g/mol. The molecule has 0 amide bonds. The number of piperidine rings is 1. The van der Waals surface area contributed by atoms with Gasteiger partial charge in [0.2, 0.25) is 5.95 Å². The molecule has 0 saturated carbocycles. The van der Waals surface area contributed by atoms with Gasteiger partial charge >= 0.3 is 0 Å². The quantitative estimate of drug-likeness (QED) is 0.279. The van der Waals surface area contributed by atoms with Crippen LogP contribution in [0.1, 0.15) is 43.7 Å². The minimum absolute atomic E-state index is 0.0756. The maximum Gasteiger partial charge on any atom is 0.229 e. The van der Waals surface area contributed by atoms with E-state index in [9.17, 15) is 8.42 Å². The van der Waals surface area contributed by atoms with Crippen LogP contribution in [0.3, 0.4) is 0 Å². The third-order valence-corrected chi connectivity index (χ3v) is 10.2. The number of nitrogens with one attached hydrogen (secondary N) is 3. The largest absolute Gasteiger partial charge is 0.498 e. The minimum atomic E-state index is -3.62. The molecule has 17 heteroatoms. The average Bonchev–Trinajstić information content (AvgIpc) is 2.95. The Morgan fingerprint density at radius 2 is 1.60 bits per heavy atom. The van der Waals surface area contributed by atoms with Gasteiger partial charge in [0.05, 0.1) is 74.8 Å². The van der Waals surface area contributed by atoms with E-state index < -0.39 is 30.8 Å². The van der Waals surface area contributed by atoms with Gasteiger partial charge in [-0.05, 0) is 88.0 Å². The molecule has 1 aromatic heterocycles. The van der Waals surface area contributed by atoms with Crippen LogP contribution in [-0.4, -0.2) is 97.1 Å². The molecule has 1 aliphatic heterocycles. The molecule has 2 aromatic carbocycles. The normalized spacial score (nSPS) is 15.1. The molecule has 14 radical (unpaired) electrons. The maximum absolute atomic E-state index is 13.0. The van der Waals surface area contributed by atoms with Crippen molar-refractivity contribution in [3.63, 3.8) is 0 Å². The molecule has 0 spiro atoms. The summed E-state index contributed by atoms with van der Waals surface area (Å²) in [5.74, 6) is 0.575. The fraction of sp³-hybridized carbons (Fsp3) is 0.429. The number of nitrogens with zero attached hydrogens (tertiary/aromatic N) is 2. The molecule has 0 aliphatic carbocycles. The van der Waals surface area contributed by atoms with Gasteiger partial charge in [-0.15, -0.1) is 10.2 Å². The zero-order valence-electron chi connectivity index (χ0n) is 25.5. The lowest BCUT2D eigenvalue weighted by Gasteiger charge is -2.54. The second-order valence-corrected chi connectivity index (χ2v) is 14.5. The zero-order valence-corrected chi connectivity index (χ0v) is 27.0. The Balaban J connectivity index is 1.77. The van der Waals surface area contributed by atoms with Gasteiger partial charge in [0.25, 0.3) is 0 Å². The van der Waals surface area contributed by atoms with E-state index in [-0.39, 0.29) is 33.4 Å². The van der Waals surface area contributed by atoms with Crippen LogP contribution in [0.2, 0.25) is 15.2 Å². The van der Waals surface area contributed by atoms with Gasteiger partial charge in [-0.1, -0.05) is 23.7 Å². The fourth-order valence-corrected chi connectivity index (χ4v) is 6.36. The van der Waals surface area contributed by atoms with Crippen LogP contribution >= 0.6 is 11.6 Å². The molecule has 218 valence electrons. The number of para-hydroxylation sites is 1. The van der Waals surface area contributed by atoms with Crippen molar-refractivity contribution in [3.05, 3.63) is 58.7 Å². The summed E-state index contributed by atoms with van der Waals surface area (Å²) >= 11 is 6.43. The topological polar surface area (TPSA) is 105 Å². The summed E-state index contributed by atoms with van der Waals surface area (Å²) in [5.41, 5.74) is 0.210. The molecular formula is C28H29B7ClN5O3S. The standard InChI is InChI=1S/C28H29B7ClN5O3S/c1-15(2)45(42,43)23-7-5-4-6-20(23)39-24-19(36)14-38-25(41-24)40-21-12-16(3)18(17-8-10-37-11-9-17)13-22(21)44-26(29,27(30,31)32)28(33,34)35/h4-7,12-15,17,37H,8-11H2,1-3H3,(H2,38,39,40,41). The highest BCUT2D eigenvalue weighted by Gasteiger charge is 2.46. The number of benzene rings is 2. The molecule has 1 fully saturated rings. The summed E-state index contributed by atoms with van der Waals surface area (Å²) in [6.45, 7) is 6.88. The van der Waals surface area contributed by atoms with Gasteiger partial charge in [-0.2, -0.15) is 4.98 Å². The van der Waals surface area contributed by atoms with E-state index in [1.54, 1.807) is 38.1 Å². The van der Waals surface area contributed by atoms with Crippen LogP contribution in [0, 0.1) is 6.92 Å². The molecule has 1 saturated heterocycles. The van der Waals surface area contributed by atoms with Crippen LogP contribution in [0.15, 0.2) is 47.5 Å². The Morgan fingerprint density at radius 1 is 0.978 bits per heavy atom. The van der Waals surface area contributed by atoms with E-state index in [1.807, 2.05) is 13.0 Å². The van der Waals surface area contributed by atoms with Crippen LogP contribution in [0.4, 0.5) is 23.1 Å². The highest BCUT2D eigenvalue weighted by atomic mass is 35.5. The Bertz CT molecular complexity index is 1630. The molecule has 4 rings (SSSR count). The van der Waals surface area contributed by atoms with E-state index in [4.69, 9.17) is 71.3 Å². The predicted molar refractivity (Wildman–Crippen MR) is 187 cm³/mol. The minimum Gasteiger partial charge on any atom is -0.498 e. The van der Waals surface area contributed by atoms with Crippen molar-refractivity contribution >= 4 is 99.5 Å². The summed E-state index contributed by atoms with van der Waals surface area (Å²) in [4.78, 5) is 8.90. The Kier molecular flexibility index (Phi) is 10.5. The number of sulfone groups is 1. The molecule has 0 bridgehead atoms. The number of hydrogen-bond donors (Lipinski definition) is 3. The van der Waals surface area contributed by atoms with Gasteiger partial charge in [0.15, 0.2) is 15.7 Å². The third kappa shape index (κ3) is 7.60. The third-order valence-electron chi connectivity index (χ3n) is 7.76. The van der Waals surface area contributed by atoms with Crippen molar-refractivity contribution in [1.82, 2.24) is 15.3 Å². The highest BCUT2D eigenvalue weighted by molar-refractivity contribution is 7.92. The van der Waals surface area contributed by atoms with Crippen LogP contribution in [-0.2, 0) is 9.84 Å². The Hall–Kier alpha value is -2.43. The van der Waals surface area contributed by atoms with Crippen LogP contribution in [0.5, 0.6) is 5.75 Å². The molecule has 3 aromatic rings. The smallest absolute Gasteiger partial charge is 0.229 e. The number of aromatic nitrogens is 2. The van der Waals surface area contributed by atoms with Crippen molar-refractivity contribution in [2.75, 3.05) is 23.7 Å². The molecule has 3 N–H and O–H groups in total. The Morgan fingerprint density at radius 3 is 2.20 bits per heavy atom. The van der Waals surface area contributed by atoms with Crippen molar-refractivity contribution in [2.24, 2.45) is 0 Å². The van der Waals surface area contributed by atoms with E-state index >= 15 is 0 Å². The Labute approximate surface area is 280 Å². The van der Waals surface area contributed by atoms with Gasteiger partial charge in [-0.3, -0.25) is 0 Å². The number of hydrogen-bond acceptors (Lipinski definition) is 8. The molecular weight excluding hydrogens is 598 g/mol. The van der Waals surface area contributed by atoms with Crippen molar-refractivity contribution in [2.45, 2.75) is 65.4 Å². The second kappa shape index (κ2) is 13.4. The summed E-state index contributed by atoms with van der Waals surface area (Å²) < 4.78 is 32.1. The molecule has 0 unspecified atom stereocenters. The number of ether oxygens (including phenoxy) is 1. The number of aryl methyl sites for hydroxylation is 1. The lowest BCUT2D eigenvalue weighted by Crippen LogP contribution is -2.59. The van der Waals surface area contributed by atoms with Crippen LogP contribution < -0.4 is 20.7 Å². The van der Waals surface area contributed by atoms with E-state index in [2.05, 4.69) is 25.9 Å². The summed E-state index contributed by atoms with van der Waals surface area (Å²) in [7, 11) is 38.6. The molecule has 0 atom stereocenters. The summed E-state index contributed by atoms with van der Waals surface area (Å²) in [5, 5.41) is 4.43. The monoisotopic (exact) mass is 627 g/mol. The number of anilines is 4. The second-order valence-electron chi connectivity index (χ2n) is 11.7. The number of halogens is 1. The zero-order chi connectivity index (χ0) is 33.4. The first kappa shape index (κ1) is 35.4. The predicted octanol–water partition coefficient (Wildman–Crippen LogP) is 2.98. The molecule has 45 heavy (non-hydrogen) atoms. The fourth-order valence-electron chi connectivity index (χ4n) is 5.02. The van der Waals surface area contributed by atoms with Crippen molar-refractivity contribution < 1.29 is 13.2 Å². The maximum atomic E-state index is 13.0. The molecule has 1 aliphatic rings. The summed E-state index contributed by atoms with van der Waals surface area (Å²) in [6.07, 6.45) is 3.15. The van der Waals surface area contributed by atoms with Gasteiger partial charge in [-0.25, -0.2) is 13.4 Å². The van der Waals surface area contributed by atoms with E-state index in [1.165, 1.54) is 12.3 Å². The lowest BCUT2D eigenvalue weighted by molar-refractivity contribution is 0.159. The molecule has 8 nitrogen and oxygen atoms in total. The van der Waals surface area contributed by atoms with E-state index in [0.717, 1.165) is 37.1 Å². The van der Waals surface area contributed by atoms with Gasteiger partial charge in [0.1, 0.15) is 18.6 Å².